The second kappa shape index (κ2) is 10.5. The first-order chi connectivity index (χ1) is 12.1. The van der Waals surface area contributed by atoms with Crippen molar-refractivity contribution in [1.82, 2.24) is 15.1 Å². The highest BCUT2D eigenvalue weighted by Gasteiger charge is 2.23. The van der Waals surface area contributed by atoms with E-state index in [4.69, 9.17) is 0 Å². The number of hydrogen-bond acceptors (Lipinski definition) is 4. The van der Waals surface area contributed by atoms with E-state index in [1.165, 1.54) is 17.3 Å². The van der Waals surface area contributed by atoms with Crippen molar-refractivity contribution in [3.05, 3.63) is 35.9 Å². The molecule has 1 N–H and O–H groups in total. The van der Waals surface area contributed by atoms with Gasteiger partial charge >= 0.3 is 6.03 Å². The van der Waals surface area contributed by atoms with Gasteiger partial charge in [0.15, 0.2) is 5.12 Å². The first-order valence-corrected chi connectivity index (χ1v) is 10.0. The summed E-state index contributed by atoms with van der Waals surface area (Å²) in [5, 5.41) is 3.22. The van der Waals surface area contributed by atoms with Crippen LogP contribution in [-0.2, 0) is 11.2 Å². The molecule has 0 bridgehead atoms. The first-order valence-electron chi connectivity index (χ1n) is 9.03. The lowest BCUT2D eigenvalue weighted by atomic mass is 10.1. The number of thioether (sulfide) groups is 1. The molecule has 1 saturated heterocycles. The van der Waals surface area contributed by atoms with Gasteiger partial charge in [-0.3, -0.25) is 9.69 Å². The first kappa shape index (κ1) is 19.8. The van der Waals surface area contributed by atoms with Gasteiger partial charge in [-0.2, -0.15) is 0 Å². The summed E-state index contributed by atoms with van der Waals surface area (Å²) < 4.78 is 0. The molecule has 25 heavy (non-hydrogen) atoms. The Hall–Kier alpha value is -1.53. The van der Waals surface area contributed by atoms with E-state index in [9.17, 15) is 9.59 Å². The van der Waals surface area contributed by atoms with Crippen molar-refractivity contribution in [2.75, 3.05) is 38.5 Å². The number of nitrogens with one attached hydrogen (secondary N) is 1. The lowest BCUT2D eigenvalue weighted by Crippen LogP contribution is -2.54. The van der Waals surface area contributed by atoms with E-state index in [0.29, 0.717) is 5.75 Å². The maximum atomic E-state index is 12.6. The monoisotopic (exact) mass is 363 g/mol. The van der Waals surface area contributed by atoms with Gasteiger partial charge < -0.3 is 10.2 Å². The summed E-state index contributed by atoms with van der Waals surface area (Å²) in [6, 6.07) is 10.0. The number of hydrogen-bond donors (Lipinski definition) is 1. The molecule has 1 aromatic rings. The zero-order chi connectivity index (χ0) is 18.1. The predicted molar refractivity (Wildman–Crippen MR) is 104 cm³/mol. The van der Waals surface area contributed by atoms with Gasteiger partial charge in [0.25, 0.3) is 0 Å². The number of nitrogens with zero attached hydrogens (tertiary/aromatic N) is 2. The topological polar surface area (TPSA) is 52.6 Å². The number of piperazine rings is 1. The van der Waals surface area contributed by atoms with Crippen LogP contribution < -0.4 is 5.32 Å². The highest BCUT2D eigenvalue weighted by Crippen LogP contribution is 2.11. The van der Waals surface area contributed by atoms with Crippen molar-refractivity contribution in [2.24, 2.45) is 0 Å². The number of benzene rings is 1. The Bertz CT molecular complexity index is 545. The minimum Gasteiger partial charge on any atom is -0.334 e. The molecule has 138 valence electrons. The molecule has 1 fully saturated rings. The second-order valence-corrected chi connectivity index (χ2v) is 7.66. The van der Waals surface area contributed by atoms with Gasteiger partial charge in [0.2, 0.25) is 0 Å². The summed E-state index contributed by atoms with van der Waals surface area (Å²) in [6.45, 7) is 8.26. The van der Waals surface area contributed by atoms with Gasteiger partial charge in [0.1, 0.15) is 0 Å². The molecule has 1 aliphatic heterocycles. The van der Waals surface area contributed by atoms with Crippen LogP contribution in [0, 0.1) is 0 Å². The lowest BCUT2D eigenvalue weighted by Gasteiger charge is -2.35. The third-order valence-corrected chi connectivity index (χ3v) is 5.32. The molecule has 2 rings (SSSR count). The van der Waals surface area contributed by atoms with Crippen LogP contribution >= 0.6 is 11.8 Å². The van der Waals surface area contributed by atoms with Gasteiger partial charge in [-0.05, 0) is 24.9 Å². The molecule has 0 aromatic heterocycles. The van der Waals surface area contributed by atoms with Crippen LogP contribution in [0.4, 0.5) is 4.79 Å². The molecule has 6 heteroatoms. The average Bonchev–Trinajstić information content (AvgIpc) is 2.61. The van der Waals surface area contributed by atoms with Crippen molar-refractivity contribution in [1.29, 1.82) is 0 Å². The number of carbonyl (C=O) groups is 2. The van der Waals surface area contributed by atoms with Gasteiger partial charge in [0, 0.05) is 44.9 Å². The fourth-order valence-electron chi connectivity index (χ4n) is 3.02. The second-order valence-electron chi connectivity index (χ2n) is 6.47. The van der Waals surface area contributed by atoms with Crippen LogP contribution in [0.2, 0.25) is 0 Å². The molecule has 0 radical (unpaired) electrons. The third kappa shape index (κ3) is 7.08. The van der Waals surface area contributed by atoms with E-state index in [1.54, 1.807) is 6.92 Å². The molecule has 2 amide bonds. The molecule has 1 aliphatic rings. The quantitative estimate of drug-likeness (QED) is 0.809. The minimum absolute atomic E-state index is 0.0127. The van der Waals surface area contributed by atoms with Gasteiger partial charge in [-0.15, -0.1) is 0 Å². The van der Waals surface area contributed by atoms with Crippen molar-refractivity contribution in [2.45, 2.75) is 32.7 Å². The Morgan fingerprint density at radius 3 is 2.44 bits per heavy atom. The number of urea groups is 1. The van der Waals surface area contributed by atoms with Crippen LogP contribution in [0.15, 0.2) is 30.3 Å². The van der Waals surface area contributed by atoms with Crippen LogP contribution in [-0.4, -0.2) is 65.5 Å². The van der Waals surface area contributed by atoms with Gasteiger partial charge in [-0.1, -0.05) is 49.0 Å². The largest absolute Gasteiger partial charge is 0.334 e. The SMILES string of the molecule is CCCN1CCN(C(=O)NC(CSC(C)=O)Cc2ccccc2)CC1. The Morgan fingerprint density at radius 1 is 1.16 bits per heavy atom. The Balaban J connectivity index is 1.89. The van der Waals surface area contributed by atoms with Crippen molar-refractivity contribution < 1.29 is 9.59 Å². The Kier molecular flexibility index (Phi) is 8.28. The molecule has 1 atom stereocenters. The Labute approximate surface area is 155 Å². The average molecular weight is 364 g/mol. The predicted octanol–water partition coefficient (Wildman–Crippen LogP) is 2.61. The lowest BCUT2D eigenvalue weighted by molar-refractivity contribution is -0.109. The summed E-state index contributed by atoms with van der Waals surface area (Å²) in [4.78, 5) is 28.2. The van der Waals surface area contributed by atoms with Crippen LogP contribution in [0.1, 0.15) is 25.8 Å². The van der Waals surface area contributed by atoms with E-state index >= 15 is 0 Å². The zero-order valence-electron chi connectivity index (χ0n) is 15.2. The van der Waals surface area contributed by atoms with Crippen LogP contribution in [0.3, 0.4) is 0 Å². The summed E-state index contributed by atoms with van der Waals surface area (Å²) in [5.41, 5.74) is 1.17. The molecule has 0 saturated carbocycles. The number of carbonyl (C=O) groups excluding carboxylic acids is 2. The van der Waals surface area contributed by atoms with Crippen LogP contribution in [0.5, 0.6) is 0 Å². The fraction of sp³-hybridized carbons (Fsp3) is 0.579. The summed E-state index contributed by atoms with van der Waals surface area (Å²) >= 11 is 1.27. The minimum atomic E-state index is -0.0440. The molecule has 0 aliphatic carbocycles. The fourth-order valence-corrected chi connectivity index (χ4v) is 3.66. The summed E-state index contributed by atoms with van der Waals surface area (Å²) in [6.07, 6.45) is 1.89. The van der Waals surface area contributed by atoms with Crippen LogP contribution in [0.25, 0.3) is 0 Å². The molecule has 1 aromatic carbocycles. The molecular weight excluding hydrogens is 334 g/mol. The highest BCUT2D eigenvalue weighted by atomic mass is 32.2. The van der Waals surface area contributed by atoms with Crippen molar-refractivity contribution >= 4 is 22.9 Å². The zero-order valence-corrected chi connectivity index (χ0v) is 16.1. The molecule has 0 spiro atoms. The van der Waals surface area contributed by atoms with Gasteiger partial charge in [-0.25, -0.2) is 4.79 Å². The molecule has 1 heterocycles. The standard InChI is InChI=1S/C19H29N3O2S/c1-3-9-21-10-12-22(13-11-21)19(24)20-18(15-25-16(2)23)14-17-7-5-4-6-8-17/h4-8,18H,3,9-15H2,1-2H3,(H,20,24). The van der Waals surface area contributed by atoms with E-state index in [0.717, 1.165) is 45.6 Å². The molecule has 5 nitrogen and oxygen atoms in total. The summed E-state index contributed by atoms with van der Waals surface area (Å²) in [5.74, 6) is 0.603. The van der Waals surface area contributed by atoms with Crippen molar-refractivity contribution in [3.8, 4) is 0 Å². The Morgan fingerprint density at radius 2 is 1.84 bits per heavy atom. The summed E-state index contributed by atoms with van der Waals surface area (Å²) in [7, 11) is 0. The van der Waals surface area contributed by atoms with E-state index in [-0.39, 0.29) is 17.2 Å². The van der Waals surface area contributed by atoms with Gasteiger partial charge in [0.05, 0.1) is 0 Å². The maximum absolute atomic E-state index is 12.6. The number of rotatable bonds is 7. The third-order valence-electron chi connectivity index (χ3n) is 4.34. The van der Waals surface area contributed by atoms with E-state index in [1.807, 2.05) is 23.1 Å². The smallest absolute Gasteiger partial charge is 0.317 e. The number of amides is 2. The van der Waals surface area contributed by atoms with Crippen molar-refractivity contribution in [3.63, 3.8) is 0 Å². The molecular formula is C19H29N3O2S. The van der Waals surface area contributed by atoms with E-state index in [2.05, 4.69) is 29.3 Å². The highest BCUT2D eigenvalue weighted by molar-refractivity contribution is 8.13. The normalized spacial score (nSPS) is 16.5. The van der Waals surface area contributed by atoms with E-state index < -0.39 is 0 Å². The maximum Gasteiger partial charge on any atom is 0.317 e. The molecule has 1 unspecified atom stereocenters.